The van der Waals surface area contributed by atoms with Crippen LogP contribution in [-0.4, -0.2) is 10.2 Å². The molecule has 0 amide bonds. The van der Waals surface area contributed by atoms with Crippen molar-refractivity contribution in [1.29, 1.82) is 0 Å². The third kappa shape index (κ3) is 2.26. The fourth-order valence-corrected chi connectivity index (χ4v) is 2.19. The monoisotopic (exact) mass is 211 g/mol. The standard InChI is InChI=1S/C8H9N3S2/c1-6-10-11-8(13-6)9-4-7-2-3-12-5-7/h2-3,5H,4H2,1H3,(H,9,11). The first kappa shape index (κ1) is 8.65. The van der Waals surface area contributed by atoms with E-state index < -0.39 is 0 Å². The molecule has 0 fully saturated rings. The van der Waals surface area contributed by atoms with Crippen molar-refractivity contribution in [2.24, 2.45) is 0 Å². The first-order valence-electron chi connectivity index (χ1n) is 3.89. The van der Waals surface area contributed by atoms with Gasteiger partial charge in [-0.3, -0.25) is 0 Å². The SMILES string of the molecule is Cc1nnc(NCc2ccsc2)s1. The molecule has 2 rings (SSSR count). The summed E-state index contributed by atoms with van der Waals surface area (Å²) in [6.07, 6.45) is 0. The molecule has 0 aromatic carbocycles. The molecule has 2 aromatic heterocycles. The van der Waals surface area contributed by atoms with Gasteiger partial charge in [0.25, 0.3) is 0 Å². The number of nitrogens with one attached hydrogen (secondary N) is 1. The second kappa shape index (κ2) is 3.85. The highest BCUT2D eigenvalue weighted by Crippen LogP contribution is 2.15. The highest BCUT2D eigenvalue weighted by Gasteiger charge is 1.99. The van der Waals surface area contributed by atoms with E-state index in [1.165, 1.54) is 5.56 Å². The normalized spacial score (nSPS) is 10.2. The van der Waals surface area contributed by atoms with Crippen molar-refractivity contribution in [1.82, 2.24) is 10.2 Å². The molecule has 0 aliphatic heterocycles. The highest BCUT2D eigenvalue weighted by atomic mass is 32.1. The molecule has 0 saturated carbocycles. The number of hydrogen-bond donors (Lipinski definition) is 1. The average molecular weight is 211 g/mol. The minimum absolute atomic E-state index is 0.831. The maximum Gasteiger partial charge on any atom is 0.205 e. The van der Waals surface area contributed by atoms with Gasteiger partial charge < -0.3 is 5.32 Å². The van der Waals surface area contributed by atoms with Gasteiger partial charge in [-0.15, -0.1) is 10.2 Å². The number of anilines is 1. The minimum atomic E-state index is 0.831. The molecule has 2 aromatic rings. The van der Waals surface area contributed by atoms with Crippen LogP contribution in [0.2, 0.25) is 0 Å². The van der Waals surface area contributed by atoms with E-state index in [4.69, 9.17) is 0 Å². The van der Waals surface area contributed by atoms with Crippen molar-refractivity contribution in [3.8, 4) is 0 Å². The van der Waals surface area contributed by atoms with Gasteiger partial charge in [0.1, 0.15) is 5.01 Å². The Bertz CT molecular complexity index is 366. The molecule has 0 spiro atoms. The van der Waals surface area contributed by atoms with E-state index in [0.29, 0.717) is 0 Å². The van der Waals surface area contributed by atoms with E-state index in [1.807, 2.05) is 6.92 Å². The van der Waals surface area contributed by atoms with Crippen LogP contribution in [0.4, 0.5) is 5.13 Å². The van der Waals surface area contributed by atoms with Gasteiger partial charge in [-0.2, -0.15) is 11.3 Å². The van der Waals surface area contributed by atoms with E-state index in [2.05, 4.69) is 32.3 Å². The Balaban J connectivity index is 1.93. The van der Waals surface area contributed by atoms with Crippen molar-refractivity contribution in [3.63, 3.8) is 0 Å². The lowest BCUT2D eigenvalue weighted by Crippen LogP contribution is -1.96. The zero-order valence-corrected chi connectivity index (χ0v) is 8.78. The molecular weight excluding hydrogens is 202 g/mol. The topological polar surface area (TPSA) is 37.8 Å². The number of rotatable bonds is 3. The largest absolute Gasteiger partial charge is 0.356 e. The molecule has 0 radical (unpaired) electrons. The first-order valence-corrected chi connectivity index (χ1v) is 5.65. The summed E-state index contributed by atoms with van der Waals surface area (Å²) >= 11 is 3.29. The number of aromatic nitrogens is 2. The van der Waals surface area contributed by atoms with Gasteiger partial charge in [0.15, 0.2) is 0 Å². The van der Waals surface area contributed by atoms with Crippen LogP contribution in [0.25, 0.3) is 0 Å². The van der Waals surface area contributed by atoms with Crippen LogP contribution >= 0.6 is 22.7 Å². The summed E-state index contributed by atoms with van der Waals surface area (Å²) in [5.41, 5.74) is 1.29. The van der Waals surface area contributed by atoms with Crippen molar-refractivity contribution in [2.45, 2.75) is 13.5 Å². The lowest BCUT2D eigenvalue weighted by atomic mass is 10.3. The van der Waals surface area contributed by atoms with Crippen LogP contribution in [0.1, 0.15) is 10.6 Å². The van der Waals surface area contributed by atoms with Crippen LogP contribution in [-0.2, 0) is 6.54 Å². The van der Waals surface area contributed by atoms with Crippen molar-refractivity contribution < 1.29 is 0 Å². The molecule has 0 saturated heterocycles. The lowest BCUT2D eigenvalue weighted by Gasteiger charge is -1.97. The first-order chi connectivity index (χ1) is 6.34. The number of thiophene rings is 1. The predicted octanol–water partition coefficient (Wildman–Crippen LogP) is 2.52. The zero-order chi connectivity index (χ0) is 9.10. The minimum Gasteiger partial charge on any atom is -0.356 e. The molecule has 68 valence electrons. The predicted molar refractivity (Wildman–Crippen MR) is 56.3 cm³/mol. The van der Waals surface area contributed by atoms with Gasteiger partial charge >= 0.3 is 0 Å². The molecule has 0 aliphatic carbocycles. The van der Waals surface area contributed by atoms with Gasteiger partial charge in [0.2, 0.25) is 5.13 Å². The fraction of sp³-hybridized carbons (Fsp3) is 0.250. The Morgan fingerprint density at radius 3 is 3.00 bits per heavy atom. The van der Waals surface area contributed by atoms with Crippen molar-refractivity contribution in [3.05, 3.63) is 27.4 Å². The molecule has 13 heavy (non-hydrogen) atoms. The Labute approximate surface area is 84.5 Å². The van der Waals surface area contributed by atoms with Gasteiger partial charge in [-0.05, 0) is 29.3 Å². The third-order valence-electron chi connectivity index (χ3n) is 1.55. The maximum absolute atomic E-state index is 3.98. The van der Waals surface area contributed by atoms with E-state index in [1.54, 1.807) is 22.7 Å². The summed E-state index contributed by atoms with van der Waals surface area (Å²) < 4.78 is 0. The van der Waals surface area contributed by atoms with Crippen LogP contribution in [0, 0.1) is 6.92 Å². The molecule has 0 bridgehead atoms. The molecule has 5 heteroatoms. The maximum atomic E-state index is 3.98. The van der Waals surface area contributed by atoms with Crippen LogP contribution in [0.15, 0.2) is 16.8 Å². The van der Waals surface area contributed by atoms with Crippen molar-refractivity contribution >= 4 is 27.8 Å². The molecule has 3 nitrogen and oxygen atoms in total. The average Bonchev–Trinajstić information content (AvgIpc) is 2.71. The summed E-state index contributed by atoms with van der Waals surface area (Å²) in [5.74, 6) is 0. The number of hydrogen-bond acceptors (Lipinski definition) is 5. The van der Waals surface area contributed by atoms with Crippen LogP contribution in [0.3, 0.4) is 0 Å². The second-order valence-electron chi connectivity index (χ2n) is 2.61. The van der Waals surface area contributed by atoms with E-state index in [-0.39, 0.29) is 0 Å². The van der Waals surface area contributed by atoms with E-state index >= 15 is 0 Å². The zero-order valence-electron chi connectivity index (χ0n) is 7.15. The van der Waals surface area contributed by atoms with E-state index in [9.17, 15) is 0 Å². The summed E-state index contributed by atoms with van der Waals surface area (Å²) in [7, 11) is 0. The lowest BCUT2D eigenvalue weighted by molar-refractivity contribution is 1.03. The summed E-state index contributed by atoms with van der Waals surface area (Å²) in [5, 5.41) is 17.2. The molecule has 0 atom stereocenters. The molecule has 0 aliphatic rings. The second-order valence-corrected chi connectivity index (χ2v) is 4.57. The van der Waals surface area contributed by atoms with Gasteiger partial charge in [-0.25, -0.2) is 0 Å². The Kier molecular flexibility index (Phi) is 2.56. The Morgan fingerprint density at radius 2 is 2.38 bits per heavy atom. The molecular formula is C8H9N3S2. The quantitative estimate of drug-likeness (QED) is 0.847. The molecule has 0 unspecified atom stereocenters. The smallest absolute Gasteiger partial charge is 0.205 e. The van der Waals surface area contributed by atoms with E-state index in [0.717, 1.165) is 16.7 Å². The van der Waals surface area contributed by atoms with Crippen LogP contribution in [0.5, 0.6) is 0 Å². The number of aryl methyl sites for hydroxylation is 1. The molecule has 1 N–H and O–H groups in total. The number of nitrogens with zero attached hydrogens (tertiary/aromatic N) is 2. The van der Waals surface area contributed by atoms with Gasteiger partial charge in [-0.1, -0.05) is 11.3 Å². The van der Waals surface area contributed by atoms with Crippen LogP contribution < -0.4 is 5.32 Å². The summed E-state index contributed by atoms with van der Waals surface area (Å²) in [6, 6.07) is 2.10. The molecule has 2 heterocycles. The Morgan fingerprint density at radius 1 is 1.46 bits per heavy atom. The highest BCUT2D eigenvalue weighted by molar-refractivity contribution is 7.15. The summed E-state index contributed by atoms with van der Waals surface area (Å²) in [6.45, 7) is 2.78. The van der Waals surface area contributed by atoms with Gasteiger partial charge in [0.05, 0.1) is 0 Å². The Hall–Kier alpha value is -0.940. The summed E-state index contributed by atoms with van der Waals surface area (Å²) in [4.78, 5) is 0. The van der Waals surface area contributed by atoms with Gasteiger partial charge in [0, 0.05) is 6.54 Å². The third-order valence-corrected chi connectivity index (χ3v) is 3.08. The fourth-order valence-electron chi connectivity index (χ4n) is 0.939. The van der Waals surface area contributed by atoms with Crippen molar-refractivity contribution in [2.75, 3.05) is 5.32 Å².